The highest BCUT2D eigenvalue weighted by Gasteiger charge is 2.22. The molecular weight excluding hydrogens is 350 g/mol. The summed E-state index contributed by atoms with van der Waals surface area (Å²) >= 11 is 3.46. The summed E-state index contributed by atoms with van der Waals surface area (Å²) in [5, 5.41) is 18.0. The first-order chi connectivity index (χ1) is 12.1. The number of aryl methyl sites for hydroxylation is 2. The number of thiophene rings is 1. The third kappa shape index (κ3) is 3.41. The highest BCUT2D eigenvalue weighted by molar-refractivity contribution is 7.14. The molecule has 4 heterocycles. The van der Waals surface area contributed by atoms with Crippen molar-refractivity contribution in [2.24, 2.45) is 0 Å². The molecular formula is C18H23N5S2. The molecule has 0 saturated carbocycles. The van der Waals surface area contributed by atoms with E-state index in [1.54, 1.807) is 22.7 Å². The van der Waals surface area contributed by atoms with Crippen molar-refractivity contribution >= 4 is 22.7 Å². The van der Waals surface area contributed by atoms with Crippen molar-refractivity contribution in [3.8, 4) is 10.6 Å². The molecule has 0 aliphatic carbocycles. The maximum atomic E-state index is 4.59. The molecule has 0 radical (unpaired) electrons. The minimum atomic E-state index is 0.180. The lowest BCUT2D eigenvalue weighted by Crippen LogP contribution is -2.26. The van der Waals surface area contributed by atoms with Gasteiger partial charge in [0, 0.05) is 24.4 Å². The Balaban J connectivity index is 1.47. The fraction of sp³-hybridized carbons (Fsp3) is 0.500. The number of hydrogen-bond donors (Lipinski definition) is 1. The van der Waals surface area contributed by atoms with E-state index in [0.29, 0.717) is 0 Å². The number of nitrogens with one attached hydrogen (secondary N) is 1. The van der Waals surface area contributed by atoms with Gasteiger partial charge in [-0.05, 0) is 50.6 Å². The Hall–Kier alpha value is -1.57. The molecule has 7 heteroatoms. The predicted octanol–water partition coefficient (Wildman–Crippen LogP) is 4.52. The van der Waals surface area contributed by atoms with Crippen molar-refractivity contribution in [3.05, 3.63) is 39.0 Å². The quantitative estimate of drug-likeness (QED) is 0.714. The summed E-state index contributed by atoms with van der Waals surface area (Å²) in [6, 6.07) is 2.69. The first kappa shape index (κ1) is 16.9. The van der Waals surface area contributed by atoms with E-state index in [1.807, 2.05) is 6.92 Å². The van der Waals surface area contributed by atoms with Crippen LogP contribution in [-0.2, 0) is 13.0 Å². The zero-order valence-corrected chi connectivity index (χ0v) is 16.5. The van der Waals surface area contributed by atoms with Crippen LogP contribution >= 0.6 is 22.7 Å². The molecule has 2 unspecified atom stereocenters. The molecule has 1 aliphatic heterocycles. The third-order valence-corrected chi connectivity index (χ3v) is 6.51. The second-order valence-electron chi connectivity index (χ2n) is 6.69. The van der Waals surface area contributed by atoms with E-state index in [4.69, 9.17) is 0 Å². The summed E-state index contributed by atoms with van der Waals surface area (Å²) in [4.78, 5) is 5.83. The van der Waals surface area contributed by atoms with E-state index >= 15 is 0 Å². The van der Waals surface area contributed by atoms with Gasteiger partial charge in [0.25, 0.3) is 0 Å². The topological polar surface area (TPSA) is 55.6 Å². The van der Waals surface area contributed by atoms with Crippen LogP contribution in [0.5, 0.6) is 0 Å². The van der Waals surface area contributed by atoms with Crippen LogP contribution in [0.1, 0.15) is 61.0 Å². The summed E-state index contributed by atoms with van der Waals surface area (Å²) in [6.07, 6.45) is 3.50. The summed E-state index contributed by atoms with van der Waals surface area (Å²) in [5.41, 5.74) is 2.39. The van der Waals surface area contributed by atoms with Gasteiger partial charge in [-0.2, -0.15) is 0 Å². The minimum absolute atomic E-state index is 0.180. The minimum Gasteiger partial charge on any atom is -0.314 e. The van der Waals surface area contributed by atoms with Gasteiger partial charge in [-0.3, -0.25) is 0 Å². The molecule has 0 spiro atoms. The van der Waals surface area contributed by atoms with Crippen molar-refractivity contribution in [1.29, 1.82) is 0 Å². The fourth-order valence-electron chi connectivity index (χ4n) is 3.39. The van der Waals surface area contributed by atoms with E-state index in [-0.39, 0.29) is 12.1 Å². The van der Waals surface area contributed by atoms with Crippen molar-refractivity contribution in [2.75, 3.05) is 0 Å². The summed E-state index contributed by atoms with van der Waals surface area (Å²) < 4.78 is 2.30. The number of nitrogens with zero attached hydrogens (tertiary/aromatic N) is 4. The van der Waals surface area contributed by atoms with E-state index in [2.05, 4.69) is 55.7 Å². The summed E-state index contributed by atoms with van der Waals surface area (Å²) in [7, 11) is 0. The van der Waals surface area contributed by atoms with Crippen LogP contribution in [-0.4, -0.2) is 19.7 Å². The van der Waals surface area contributed by atoms with Gasteiger partial charge in [0.05, 0.1) is 21.6 Å². The fourth-order valence-corrected chi connectivity index (χ4v) is 5.04. The molecule has 0 aromatic carbocycles. The van der Waals surface area contributed by atoms with E-state index < -0.39 is 0 Å². The molecule has 0 saturated heterocycles. The Morgan fingerprint density at radius 2 is 2.00 bits per heavy atom. The third-order valence-electron chi connectivity index (χ3n) is 4.77. The highest BCUT2D eigenvalue weighted by atomic mass is 32.1. The van der Waals surface area contributed by atoms with Crippen molar-refractivity contribution < 1.29 is 0 Å². The summed E-state index contributed by atoms with van der Waals surface area (Å²) in [6.45, 7) is 7.49. The maximum Gasteiger partial charge on any atom is 0.149 e. The van der Waals surface area contributed by atoms with E-state index in [9.17, 15) is 0 Å². The molecule has 3 aromatic rings. The molecule has 0 amide bonds. The predicted molar refractivity (Wildman–Crippen MR) is 103 cm³/mol. The van der Waals surface area contributed by atoms with Gasteiger partial charge in [-0.1, -0.05) is 0 Å². The van der Waals surface area contributed by atoms with Crippen LogP contribution in [0.4, 0.5) is 0 Å². The molecule has 25 heavy (non-hydrogen) atoms. The van der Waals surface area contributed by atoms with Gasteiger partial charge in [0.1, 0.15) is 11.6 Å². The van der Waals surface area contributed by atoms with Crippen LogP contribution in [0.2, 0.25) is 0 Å². The number of aromatic nitrogens is 4. The SMILES string of the molecule is Cc1nc(-c2cc(C(C)NC(C)c3nnc4n3CCCC4)cs2)cs1. The lowest BCUT2D eigenvalue weighted by molar-refractivity contribution is 0.436. The molecule has 1 aliphatic rings. The normalized spacial score (nSPS) is 16.6. The standard InChI is InChI=1S/C18H23N5S2/c1-11(14-8-16(25-9-14)15-10-24-13(3)20-15)19-12(2)18-22-21-17-6-4-5-7-23(17)18/h8-12,19H,4-7H2,1-3H3. The average Bonchev–Trinajstić information content (AvgIpc) is 3.33. The second kappa shape index (κ2) is 6.97. The molecule has 1 N–H and O–H groups in total. The molecule has 132 valence electrons. The molecule has 0 bridgehead atoms. The first-order valence-corrected chi connectivity index (χ1v) is 10.6. The van der Waals surface area contributed by atoms with Crippen molar-refractivity contribution in [2.45, 2.75) is 58.7 Å². The monoisotopic (exact) mass is 373 g/mol. The molecule has 4 rings (SSSR count). The van der Waals surface area contributed by atoms with Gasteiger partial charge < -0.3 is 9.88 Å². The number of fused-ring (bicyclic) bond motifs is 1. The smallest absolute Gasteiger partial charge is 0.149 e. The van der Waals surface area contributed by atoms with Crippen LogP contribution in [0, 0.1) is 6.92 Å². The van der Waals surface area contributed by atoms with Crippen LogP contribution in [0.15, 0.2) is 16.8 Å². The van der Waals surface area contributed by atoms with E-state index in [0.717, 1.165) is 35.3 Å². The van der Waals surface area contributed by atoms with Crippen LogP contribution in [0.3, 0.4) is 0 Å². The number of thiazole rings is 1. The molecule has 2 atom stereocenters. The molecule has 5 nitrogen and oxygen atoms in total. The Morgan fingerprint density at radius 1 is 1.12 bits per heavy atom. The van der Waals surface area contributed by atoms with Crippen LogP contribution < -0.4 is 5.32 Å². The van der Waals surface area contributed by atoms with E-state index in [1.165, 1.54) is 23.3 Å². The van der Waals surface area contributed by atoms with Crippen LogP contribution in [0.25, 0.3) is 10.6 Å². The summed E-state index contributed by atoms with van der Waals surface area (Å²) in [5.74, 6) is 2.20. The van der Waals surface area contributed by atoms with Gasteiger partial charge in [0.2, 0.25) is 0 Å². The Morgan fingerprint density at radius 3 is 2.80 bits per heavy atom. The maximum absolute atomic E-state index is 4.59. The average molecular weight is 374 g/mol. The van der Waals surface area contributed by atoms with Crippen molar-refractivity contribution in [3.63, 3.8) is 0 Å². The van der Waals surface area contributed by atoms with Gasteiger partial charge in [-0.25, -0.2) is 4.98 Å². The number of rotatable bonds is 5. The Kier molecular flexibility index (Phi) is 4.71. The highest BCUT2D eigenvalue weighted by Crippen LogP contribution is 2.31. The Labute approximate surface area is 156 Å². The zero-order valence-electron chi connectivity index (χ0n) is 14.8. The molecule has 3 aromatic heterocycles. The second-order valence-corrected chi connectivity index (χ2v) is 8.66. The largest absolute Gasteiger partial charge is 0.314 e. The lowest BCUT2D eigenvalue weighted by Gasteiger charge is -2.21. The van der Waals surface area contributed by atoms with Gasteiger partial charge in [-0.15, -0.1) is 32.9 Å². The molecule has 0 fully saturated rings. The van der Waals surface area contributed by atoms with Crippen molar-refractivity contribution in [1.82, 2.24) is 25.1 Å². The van der Waals surface area contributed by atoms with Gasteiger partial charge in [0.15, 0.2) is 0 Å². The lowest BCUT2D eigenvalue weighted by atomic mass is 10.1. The number of hydrogen-bond acceptors (Lipinski definition) is 6. The first-order valence-electron chi connectivity index (χ1n) is 8.81. The Bertz CT molecular complexity index is 863. The van der Waals surface area contributed by atoms with Gasteiger partial charge >= 0.3 is 0 Å². The zero-order chi connectivity index (χ0) is 17.4.